The van der Waals surface area contributed by atoms with Crippen LogP contribution in [0, 0.1) is 0 Å². The molecule has 7 heteroatoms. The first-order valence-corrected chi connectivity index (χ1v) is 5.67. The van der Waals surface area contributed by atoms with Gasteiger partial charge in [-0.2, -0.15) is 13.2 Å². The summed E-state index contributed by atoms with van der Waals surface area (Å²) in [4.78, 5) is 11.0. The number of alkyl halides is 3. The number of rotatable bonds is 5. The molecule has 1 aromatic rings. The van der Waals surface area contributed by atoms with Gasteiger partial charge in [0.2, 0.25) is 0 Å². The lowest BCUT2D eigenvalue weighted by Gasteiger charge is -2.13. The van der Waals surface area contributed by atoms with Gasteiger partial charge < -0.3 is 15.7 Å². The van der Waals surface area contributed by atoms with Crippen LogP contribution in [-0.2, 0) is 6.42 Å². The number of urea groups is 1. The first-order valence-electron chi connectivity index (χ1n) is 5.67. The molecule has 0 fully saturated rings. The summed E-state index contributed by atoms with van der Waals surface area (Å²) in [5.74, 6) is 0. The van der Waals surface area contributed by atoms with Crippen molar-refractivity contribution in [3.05, 3.63) is 35.9 Å². The van der Waals surface area contributed by atoms with Gasteiger partial charge in [0.1, 0.15) is 6.54 Å². The number of halogens is 3. The Hall–Kier alpha value is -1.76. The quantitative estimate of drug-likeness (QED) is 0.762. The molecule has 0 aliphatic rings. The zero-order chi connectivity index (χ0) is 14.3. The van der Waals surface area contributed by atoms with Crippen molar-refractivity contribution in [2.45, 2.75) is 18.7 Å². The second-order valence-corrected chi connectivity index (χ2v) is 4.02. The lowest BCUT2D eigenvalue weighted by Crippen LogP contribution is -2.43. The Morgan fingerprint density at radius 1 is 1.21 bits per heavy atom. The van der Waals surface area contributed by atoms with Gasteiger partial charge in [-0.3, -0.25) is 0 Å². The number of hydrogen-bond acceptors (Lipinski definition) is 2. The Labute approximate surface area is 108 Å². The molecule has 0 spiro atoms. The number of amides is 2. The molecular weight excluding hydrogens is 261 g/mol. The van der Waals surface area contributed by atoms with Crippen LogP contribution in [0.1, 0.15) is 5.56 Å². The Kier molecular flexibility index (Phi) is 5.62. The summed E-state index contributed by atoms with van der Waals surface area (Å²) in [5.41, 5.74) is 0.882. The van der Waals surface area contributed by atoms with Crippen LogP contribution < -0.4 is 10.6 Å². The van der Waals surface area contributed by atoms with Crippen LogP contribution in [0.5, 0.6) is 0 Å². The molecule has 0 aliphatic heterocycles. The van der Waals surface area contributed by atoms with Crippen LogP contribution >= 0.6 is 0 Å². The van der Waals surface area contributed by atoms with Gasteiger partial charge in [0, 0.05) is 13.0 Å². The van der Waals surface area contributed by atoms with Crippen LogP contribution in [0.4, 0.5) is 18.0 Å². The fourth-order valence-electron chi connectivity index (χ4n) is 1.41. The van der Waals surface area contributed by atoms with Crippen molar-refractivity contribution in [2.24, 2.45) is 0 Å². The third kappa shape index (κ3) is 7.30. The van der Waals surface area contributed by atoms with Crippen molar-refractivity contribution < 1.29 is 23.1 Å². The smallest absolute Gasteiger partial charge is 0.391 e. The van der Waals surface area contributed by atoms with Gasteiger partial charge in [0.15, 0.2) is 0 Å². The summed E-state index contributed by atoms with van der Waals surface area (Å²) in [7, 11) is 0. The summed E-state index contributed by atoms with van der Waals surface area (Å²) in [6.45, 7) is -1.51. The van der Waals surface area contributed by atoms with Crippen molar-refractivity contribution >= 4 is 6.03 Å². The van der Waals surface area contributed by atoms with Crippen molar-refractivity contribution in [3.8, 4) is 0 Å². The van der Waals surface area contributed by atoms with Gasteiger partial charge in [-0.05, 0) is 5.56 Å². The van der Waals surface area contributed by atoms with E-state index in [0.29, 0.717) is 6.42 Å². The Bertz CT molecular complexity index is 396. The molecule has 0 heterocycles. The summed E-state index contributed by atoms with van der Waals surface area (Å²) in [6.07, 6.45) is -4.97. The molecule has 1 atom stereocenters. The predicted octanol–water partition coefficient (Wildman–Crippen LogP) is 1.45. The Balaban J connectivity index is 2.23. The summed E-state index contributed by atoms with van der Waals surface area (Å²) in [6, 6.07) is 8.12. The lowest BCUT2D eigenvalue weighted by atomic mass is 10.1. The van der Waals surface area contributed by atoms with Crippen LogP contribution in [-0.4, -0.2) is 36.5 Å². The van der Waals surface area contributed by atoms with Crippen molar-refractivity contribution in [1.29, 1.82) is 0 Å². The third-order valence-corrected chi connectivity index (χ3v) is 2.26. The second-order valence-electron chi connectivity index (χ2n) is 4.02. The topological polar surface area (TPSA) is 61.4 Å². The van der Waals surface area contributed by atoms with Gasteiger partial charge in [-0.15, -0.1) is 0 Å². The minimum absolute atomic E-state index is 0.113. The van der Waals surface area contributed by atoms with Crippen molar-refractivity contribution in [2.75, 3.05) is 13.1 Å². The third-order valence-electron chi connectivity index (χ3n) is 2.26. The maximum Gasteiger partial charge on any atom is 0.405 e. The van der Waals surface area contributed by atoms with Gasteiger partial charge in [-0.25, -0.2) is 4.79 Å². The number of aliphatic hydroxyl groups is 1. The maximum atomic E-state index is 11.8. The molecule has 106 valence electrons. The highest BCUT2D eigenvalue weighted by molar-refractivity contribution is 5.73. The maximum absolute atomic E-state index is 11.8. The number of carbonyl (C=O) groups is 1. The molecular formula is C12H15F3N2O2. The predicted molar refractivity (Wildman–Crippen MR) is 63.6 cm³/mol. The van der Waals surface area contributed by atoms with E-state index in [1.807, 2.05) is 30.3 Å². The van der Waals surface area contributed by atoms with E-state index in [0.717, 1.165) is 5.56 Å². The standard InChI is InChI=1S/C12H15F3N2O2/c13-12(14,15)8-17-11(19)16-7-10(18)6-9-4-2-1-3-5-9/h1-5,10,18H,6-8H2,(H2,16,17,19). The lowest BCUT2D eigenvalue weighted by molar-refractivity contribution is -0.122. The van der Waals surface area contributed by atoms with Crippen LogP contribution in [0.25, 0.3) is 0 Å². The Morgan fingerprint density at radius 2 is 1.84 bits per heavy atom. The van der Waals surface area contributed by atoms with E-state index in [4.69, 9.17) is 0 Å². The molecule has 0 radical (unpaired) electrons. The van der Waals surface area contributed by atoms with Gasteiger partial charge >= 0.3 is 12.2 Å². The van der Waals surface area contributed by atoms with E-state index in [2.05, 4.69) is 5.32 Å². The number of hydrogen-bond donors (Lipinski definition) is 3. The van der Waals surface area contributed by atoms with E-state index in [1.54, 1.807) is 5.32 Å². The van der Waals surface area contributed by atoms with E-state index in [-0.39, 0.29) is 6.54 Å². The van der Waals surface area contributed by atoms with E-state index < -0.39 is 24.9 Å². The minimum Gasteiger partial charge on any atom is -0.391 e. The molecule has 1 rings (SSSR count). The Morgan fingerprint density at radius 3 is 2.42 bits per heavy atom. The summed E-state index contributed by atoms with van der Waals surface area (Å²) < 4.78 is 35.4. The van der Waals surface area contributed by atoms with Crippen LogP contribution in [0.15, 0.2) is 30.3 Å². The largest absolute Gasteiger partial charge is 0.405 e. The highest BCUT2D eigenvalue weighted by Crippen LogP contribution is 2.11. The molecule has 2 amide bonds. The highest BCUT2D eigenvalue weighted by Gasteiger charge is 2.27. The van der Waals surface area contributed by atoms with E-state index in [1.165, 1.54) is 0 Å². The monoisotopic (exact) mass is 276 g/mol. The van der Waals surface area contributed by atoms with Crippen molar-refractivity contribution in [1.82, 2.24) is 10.6 Å². The normalized spacial score (nSPS) is 12.8. The van der Waals surface area contributed by atoms with Gasteiger partial charge in [0.25, 0.3) is 0 Å². The average Bonchev–Trinajstić information content (AvgIpc) is 2.34. The summed E-state index contributed by atoms with van der Waals surface area (Å²) in [5, 5.41) is 13.4. The first kappa shape index (κ1) is 15.3. The fourth-order valence-corrected chi connectivity index (χ4v) is 1.41. The molecule has 1 aromatic carbocycles. The molecule has 0 bridgehead atoms. The zero-order valence-corrected chi connectivity index (χ0v) is 10.1. The number of carbonyl (C=O) groups excluding carboxylic acids is 1. The average molecular weight is 276 g/mol. The minimum atomic E-state index is -4.44. The van der Waals surface area contributed by atoms with Crippen LogP contribution in [0.2, 0.25) is 0 Å². The van der Waals surface area contributed by atoms with Gasteiger partial charge in [0.05, 0.1) is 6.10 Å². The molecule has 0 saturated heterocycles. The molecule has 3 N–H and O–H groups in total. The molecule has 4 nitrogen and oxygen atoms in total. The number of aliphatic hydroxyl groups excluding tert-OH is 1. The molecule has 0 aromatic heterocycles. The number of benzene rings is 1. The summed E-state index contributed by atoms with van der Waals surface area (Å²) >= 11 is 0. The fraction of sp³-hybridized carbons (Fsp3) is 0.417. The SMILES string of the molecule is O=C(NCC(O)Cc1ccccc1)NCC(F)(F)F. The zero-order valence-electron chi connectivity index (χ0n) is 10.1. The van der Waals surface area contributed by atoms with E-state index >= 15 is 0 Å². The molecule has 1 unspecified atom stereocenters. The van der Waals surface area contributed by atoms with Crippen molar-refractivity contribution in [3.63, 3.8) is 0 Å². The second kappa shape index (κ2) is 6.98. The number of nitrogens with one attached hydrogen (secondary N) is 2. The first-order chi connectivity index (χ1) is 8.87. The van der Waals surface area contributed by atoms with E-state index in [9.17, 15) is 23.1 Å². The molecule has 19 heavy (non-hydrogen) atoms. The highest BCUT2D eigenvalue weighted by atomic mass is 19.4. The molecule has 0 saturated carbocycles. The van der Waals surface area contributed by atoms with Crippen LogP contribution in [0.3, 0.4) is 0 Å². The van der Waals surface area contributed by atoms with Gasteiger partial charge in [-0.1, -0.05) is 30.3 Å². The molecule has 0 aliphatic carbocycles.